The summed E-state index contributed by atoms with van der Waals surface area (Å²) in [6, 6.07) is 0.444. The van der Waals surface area contributed by atoms with Crippen molar-refractivity contribution in [3.05, 3.63) is 0 Å². The SMILES string of the molecule is CC(NC(=O)N(CCC#N)C1CC1)(C(=O)O)C(F)(F)F. The van der Waals surface area contributed by atoms with Gasteiger partial charge in [0, 0.05) is 12.6 Å². The standard InChI is InChI=1S/C11H14F3N3O3/c1-10(8(18)19,11(12,13)14)16-9(20)17(6-2-5-15)7-3-4-7/h7H,2-4,6H2,1H3,(H,16,20)(H,18,19). The van der Waals surface area contributed by atoms with Crippen LogP contribution in [0.1, 0.15) is 26.2 Å². The van der Waals surface area contributed by atoms with Crippen molar-refractivity contribution >= 4 is 12.0 Å². The Morgan fingerprint density at radius 2 is 2.00 bits per heavy atom. The summed E-state index contributed by atoms with van der Waals surface area (Å²) in [5.41, 5.74) is -3.36. The van der Waals surface area contributed by atoms with Gasteiger partial charge in [-0.25, -0.2) is 9.59 Å². The molecule has 9 heteroatoms. The number of nitriles is 1. The first-order chi connectivity index (χ1) is 9.13. The van der Waals surface area contributed by atoms with Crippen molar-refractivity contribution in [1.82, 2.24) is 10.2 Å². The van der Waals surface area contributed by atoms with Crippen LogP contribution in [0.2, 0.25) is 0 Å². The second-order valence-corrected chi connectivity index (χ2v) is 4.69. The lowest BCUT2D eigenvalue weighted by molar-refractivity contribution is -0.203. The molecule has 1 fully saturated rings. The van der Waals surface area contributed by atoms with Gasteiger partial charge in [-0.05, 0) is 19.8 Å². The smallest absolute Gasteiger partial charge is 0.422 e. The summed E-state index contributed by atoms with van der Waals surface area (Å²) in [5, 5.41) is 18.7. The summed E-state index contributed by atoms with van der Waals surface area (Å²) in [6.07, 6.45) is -3.89. The number of nitrogens with zero attached hydrogens (tertiary/aromatic N) is 2. The molecule has 1 saturated carbocycles. The lowest BCUT2D eigenvalue weighted by Gasteiger charge is -2.31. The molecule has 2 amide bonds. The highest BCUT2D eigenvalue weighted by Crippen LogP contribution is 2.32. The topological polar surface area (TPSA) is 93.4 Å². The Hall–Kier alpha value is -1.98. The number of alkyl halides is 3. The van der Waals surface area contributed by atoms with Crippen LogP contribution in [-0.2, 0) is 4.79 Å². The first-order valence-corrected chi connectivity index (χ1v) is 5.89. The average molecular weight is 293 g/mol. The maximum atomic E-state index is 12.8. The highest BCUT2D eigenvalue weighted by molar-refractivity contribution is 5.87. The highest BCUT2D eigenvalue weighted by Gasteiger charge is 2.59. The summed E-state index contributed by atoms with van der Waals surface area (Å²) in [6.45, 7) is 0.364. The molecule has 20 heavy (non-hydrogen) atoms. The lowest BCUT2D eigenvalue weighted by Crippen LogP contribution is -2.64. The molecule has 1 rings (SSSR count). The number of carbonyl (C=O) groups excluding carboxylic acids is 1. The summed E-state index contributed by atoms with van der Waals surface area (Å²) >= 11 is 0. The van der Waals surface area contributed by atoms with Gasteiger partial charge in [-0.1, -0.05) is 0 Å². The van der Waals surface area contributed by atoms with Gasteiger partial charge < -0.3 is 15.3 Å². The molecule has 0 radical (unpaired) electrons. The number of urea groups is 1. The van der Waals surface area contributed by atoms with Crippen LogP contribution in [0, 0.1) is 11.3 Å². The Morgan fingerprint density at radius 1 is 1.45 bits per heavy atom. The molecule has 0 aromatic carbocycles. The van der Waals surface area contributed by atoms with Crippen LogP contribution in [0.25, 0.3) is 0 Å². The van der Waals surface area contributed by atoms with E-state index in [0.29, 0.717) is 19.8 Å². The summed E-state index contributed by atoms with van der Waals surface area (Å²) in [4.78, 5) is 23.7. The zero-order valence-electron chi connectivity index (χ0n) is 10.7. The van der Waals surface area contributed by atoms with Gasteiger partial charge in [0.1, 0.15) is 0 Å². The van der Waals surface area contributed by atoms with Gasteiger partial charge in [-0.3, -0.25) is 0 Å². The van der Waals surface area contributed by atoms with Crippen LogP contribution in [0.15, 0.2) is 0 Å². The number of rotatable bonds is 5. The maximum Gasteiger partial charge on any atom is 0.422 e. The van der Waals surface area contributed by atoms with Crippen LogP contribution in [0.5, 0.6) is 0 Å². The molecule has 0 aliphatic heterocycles. The quantitative estimate of drug-likeness (QED) is 0.803. The molecule has 112 valence electrons. The number of nitrogens with one attached hydrogen (secondary N) is 1. The molecular weight excluding hydrogens is 279 g/mol. The van der Waals surface area contributed by atoms with E-state index in [-0.39, 0.29) is 19.0 Å². The number of carboxylic acid groups (broad SMARTS) is 1. The van der Waals surface area contributed by atoms with Crippen molar-refractivity contribution in [2.75, 3.05) is 6.54 Å². The normalized spacial score (nSPS) is 17.8. The number of aliphatic carboxylic acids is 1. The van der Waals surface area contributed by atoms with Gasteiger partial charge in [-0.15, -0.1) is 0 Å². The number of hydrogen-bond donors (Lipinski definition) is 2. The lowest BCUT2D eigenvalue weighted by atomic mass is 10.0. The van der Waals surface area contributed by atoms with E-state index in [2.05, 4.69) is 0 Å². The Labute approximate surface area is 113 Å². The molecule has 0 heterocycles. The largest absolute Gasteiger partial charge is 0.479 e. The predicted molar refractivity (Wildman–Crippen MR) is 60.6 cm³/mol. The Morgan fingerprint density at radius 3 is 2.35 bits per heavy atom. The molecule has 0 spiro atoms. The molecule has 1 atom stereocenters. The van der Waals surface area contributed by atoms with E-state index >= 15 is 0 Å². The van der Waals surface area contributed by atoms with Crippen LogP contribution in [-0.4, -0.2) is 46.3 Å². The third kappa shape index (κ3) is 3.31. The van der Waals surface area contributed by atoms with E-state index in [1.54, 1.807) is 6.07 Å². The molecule has 1 unspecified atom stereocenters. The van der Waals surface area contributed by atoms with E-state index in [1.807, 2.05) is 0 Å². The zero-order chi connectivity index (χ0) is 15.6. The first-order valence-electron chi connectivity index (χ1n) is 5.89. The van der Waals surface area contributed by atoms with Crippen molar-refractivity contribution in [2.24, 2.45) is 0 Å². The summed E-state index contributed by atoms with van der Waals surface area (Å²) in [5.74, 6) is -2.19. The maximum absolute atomic E-state index is 12.8. The van der Waals surface area contributed by atoms with Gasteiger partial charge in [0.05, 0.1) is 12.5 Å². The fraction of sp³-hybridized carbons (Fsp3) is 0.727. The third-order valence-electron chi connectivity index (χ3n) is 3.06. The fourth-order valence-electron chi connectivity index (χ4n) is 1.54. The number of carbonyl (C=O) groups is 2. The minimum Gasteiger partial charge on any atom is -0.479 e. The van der Waals surface area contributed by atoms with Crippen molar-refractivity contribution in [1.29, 1.82) is 5.26 Å². The van der Waals surface area contributed by atoms with Crippen LogP contribution in [0.4, 0.5) is 18.0 Å². The predicted octanol–water partition coefficient (Wildman–Crippen LogP) is 1.48. The third-order valence-corrected chi connectivity index (χ3v) is 3.06. The van der Waals surface area contributed by atoms with Crippen LogP contribution in [0.3, 0.4) is 0 Å². The second-order valence-electron chi connectivity index (χ2n) is 4.69. The highest BCUT2D eigenvalue weighted by atomic mass is 19.4. The van der Waals surface area contributed by atoms with Crippen molar-refractivity contribution in [3.8, 4) is 6.07 Å². The monoisotopic (exact) mass is 293 g/mol. The van der Waals surface area contributed by atoms with Crippen LogP contribution < -0.4 is 5.32 Å². The molecule has 0 saturated heterocycles. The van der Waals surface area contributed by atoms with Crippen molar-refractivity contribution < 1.29 is 27.9 Å². The molecule has 0 aromatic rings. The minimum atomic E-state index is -5.13. The Balaban J connectivity index is 2.84. The molecule has 0 bridgehead atoms. The Kier molecular flexibility index (Phi) is 4.47. The number of halogens is 3. The van der Waals surface area contributed by atoms with E-state index in [1.165, 1.54) is 5.32 Å². The zero-order valence-corrected chi connectivity index (χ0v) is 10.7. The molecule has 1 aliphatic carbocycles. The molecule has 2 N–H and O–H groups in total. The summed E-state index contributed by atoms with van der Waals surface area (Å²) < 4.78 is 38.3. The van der Waals surface area contributed by atoms with Crippen LogP contribution >= 0.6 is 0 Å². The molecule has 6 nitrogen and oxygen atoms in total. The number of hydrogen-bond acceptors (Lipinski definition) is 3. The second kappa shape index (κ2) is 5.56. The first kappa shape index (κ1) is 16.1. The van der Waals surface area contributed by atoms with Crippen molar-refractivity contribution in [2.45, 2.75) is 43.9 Å². The van der Waals surface area contributed by atoms with Crippen molar-refractivity contribution in [3.63, 3.8) is 0 Å². The molecule has 0 aromatic heterocycles. The van der Waals surface area contributed by atoms with Gasteiger partial charge in [0.15, 0.2) is 0 Å². The molecule has 1 aliphatic rings. The average Bonchev–Trinajstić information content (AvgIpc) is 3.12. The van der Waals surface area contributed by atoms with E-state index < -0.39 is 23.7 Å². The fourth-order valence-corrected chi connectivity index (χ4v) is 1.54. The van der Waals surface area contributed by atoms with E-state index in [4.69, 9.17) is 10.4 Å². The van der Waals surface area contributed by atoms with Gasteiger partial charge in [0.25, 0.3) is 0 Å². The Bertz CT molecular complexity index is 442. The number of amides is 2. The summed E-state index contributed by atoms with van der Waals surface area (Å²) in [7, 11) is 0. The van der Waals surface area contributed by atoms with E-state index in [0.717, 1.165) is 4.90 Å². The number of carboxylic acids is 1. The van der Waals surface area contributed by atoms with Gasteiger partial charge in [-0.2, -0.15) is 18.4 Å². The van der Waals surface area contributed by atoms with Gasteiger partial charge in [0.2, 0.25) is 5.54 Å². The molecular formula is C11H14F3N3O3. The van der Waals surface area contributed by atoms with E-state index in [9.17, 15) is 22.8 Å². The van der Waals surface area contributed by atoms with Gasteiger partial charge >= 0.3 is 18.2 Å². The minimum absolute atomic E-state index is 0.0272.